The van der Waals surface area contributed by atoms with Crippen molar-refractivity contribution >= 4 is 6.21 Å². The van der Waals surface area contributed by atoms with E-state index in [9.17, 15) is 0 Å². The number of hydrogen-bond acceptors (Lipinski definition) is 5. The SMILES string of the molecule is CN1CCN(/N=C\c2ccc(OCc3ccccc3)c(OCc3ccccc3)c2)CC1. The fraction of sp³-hybridized carbons (Fsp3) is 0.269. The monoisotopic (exact) mass is 415 g/mol. The van der Waals surface area contributed by atoms with Gasteiger partial charge in [0.05, 0.1) is 6.21 Å². The third-order valence-corrected chi connectivity index (χ3v) is 5.29. The molecule has 5 nitrogen and oxygen atoms in total. The topological polar surface area (TPSA) is 37.3 Å². The molecular formula is C26H29N3O2. The Bertz CT molecular complexity index is 968. The van der Waals surface area contributed by atoms with Crippen LogP contribution in [-0.2, 0) is 13.2 Å². The van der Waals surface area contributed by atoms with Crippen molar-refractivity contribution in [1.82, 2.24) is 9.91 Å². The predicted molar refractivity (Wildman–Crippen MR) is 125 cm³/mol. The zero-order valence-electron chi connectivity index (χ0n) is 18.0. The smallest absolute Gasteiger partial charge is 0.162 e. The maximum absolute atomic E-state index is 6.15. The van der Waals surface area contributed by atoms with Gasteiger partial charge in [0.1, 0.15) is 13.2 Å². The number of hydrazone groups is 1. The first kappa shape index (κ1) is 20.9. The van der Waals surface area contributed by atoms with Gasteiger partial charge in [0, 0.05) is 26.2 Å². The summed E-state index contributed by atoms with van der Waals surface area (Å²) in [7, 11) is 2.14. The molecule has 5 heteroatoms. The quantitative estimate of drug-likeness (QED) is 0.510. The summed E-state index contributed by atoms with van der Waals surface area (Å²) in [4.78, 5) is 2.32. The molecule has 0 N–H and O–H groups in total. The molecule has 1 fully saturated rings. The van der Waals surface area contributed by atoms with Crippen molar-refractivity contribution in [2.24, 2.45) is 5.10 Å². The fourth-order valence-corrected chi connectivity index (χ4v) is 3.37. The second kappa shape index (κ2) is 10.6. The van der Waals surface area contributed by atoms with Crippen LogP contribution in [0, 0.1) is 0 Å². The molecule has 0 aliphatic carbocycles. The number of likely N-dealkylation sites (N-methyl/N-ethyl adjacent to an activating group) is 1. The minimum atomic E-state index is 0.488. The van der Waals surface area contributed by atoms with Crippen LogP contribution in [-0.4, -0.2) is 49.4 Å². The number of piperazine rings is 1. The van der Waals surface area contributed by atoms with Gasteiger partial charge in [0.25, 0.3) is 0 Å². The van der Waals surface area contributed by atoms with E-state index >= 15 is 0 Å². The molecule has 4 rings (SSSR count). The van der Waals surface area contributed by atoms with E-state index in [1.165, 1.54) is 0 Å². The Morgan fingerprint density at radius 2 is 1.32 bits per heavy atom. The van der Waals surface area contributed by atoms with Gasteiger partial charge in [-0.1, -0.05) is 60.7 Å². The molecule has 3 aromatic carbocycles. The first-order chi connectivity index (χ1) is 15.3. The van der Waals surface area contributed by atoms with Crippen LogP contribution in [0.1, 0.15) is 16.7 Å². The molecule has 1 aliphatic rings. The molecular weight excluding hydrogens is 386 g/mol. The number of benzene rings is 3. The molecule has 160 valence electrons. The van der Waals surface area contributed by atoms with Gasteiger partial charge >= 0.3 is 0 Å². The van der Waals surface area contributed by atoms with E-state index in [0.717, 1.165) is 54.4 Å². The average molecular weight is 416 g/mol. The third-order valence-electron chi connectivity index (χ3n) is 5.29. The van der Waals surface area contributed by atoms with Gasteiger partial charge in [-0.3, -0.25) is 5.01 Å². The minimum absolute atomic E-state index is 0.488. The van der Waals surface area contributed by atoms with Crippen molar-refractivity contribution in [1.29, 1.82) is 0 Å². The summed E-state index contributed by atoms with van der Waals surface area (Å²) in [5.41, 5.74) is 3.24. The van der Waals surface area contributed by atoms with Gasteiger partial charge in [-0.05, 0) is 41.9 Å². The Labute approximate surface area is 184 Å². The van der Waals surface area contributed by atoms with Gasteiger partial charge in [0.2, 0.25) is 0 Å². The second-order valence-corrected chi connectivity index (χ2v) is 7.76. The highest BCUT2D eigenvalue weighted by molar-refractivity contribution is 5.80. The van der Waals surface area contributed by atoms with Crippen LogP contribution < -0.4 is 9.47 Å². The summed E-state index contributed by atoms with van der Waals surface area (Å²) in [6.45, 7) is 4.95. The molecule has 3 aromatic rings. The molecule has 1 heterocycles. The second-order valence-electron chi connectivity index (χ2n) is 7.76. The Hall–Kier alpha value is -3.31. The lowest BCUT2D eigenvalue weighted by Crippen LogP contribution is -2.41. The zero-order chi connectivity index (χ0) is 21.3. The van der Waals surface area contributed by atoms with Crippen LogP contribution >= 0.6 is 0 Å². The van der Waals surface area contributed by atoms with Crippen molar-refractivity contribution < 1.29 is 9.47 Å². The molecule has 0 bridgehead atoms. The van der Waals surface area contributed by atoms with Crippen LogP contribution in [0.15, 0.2) is 84.0 Å². The van der Waals surface area contributed by atoms with Gasteiger partial charge < -0.3 is 14.4 Å². The van der Waals surface area contributed by atoms with Gasteiger partial charge in [-0.25, -0.2) is 0 Å². The third kappa shape index (κ3) is 6.33. The summed E-state index contributed by atoms with van der Waals surface area (Å²) >= 11 is 0. The minimum Gasteiger partial charge on any atom is -0.485 e. The lowest BCUT2D eigenvalue weighted by molar-refractivity contribution is 0.159. The van der Waals surface area contributed by atoms with E-state index in [1.807, 2.05) is 60.8 Å². The van der Waals surface area contributed by atoms with E-state index in [2.05, 4.69) is 46.3 Å². The maximum atomic E-state index is 6.15. The Kier molecular flexibility index (Phi) is 7.19. The molecule has 1 saturated heterocycles. The van der Waals surface area contributed by atoms with Crippen LogP contribution in [0.4, 0.5) is 0 Å². The van der Waals surface area contributed by atoms with Crippen molar-refractivity contribution in [3.8, 4) is 11.5 Å². The van der Waals surface area contributed by atoms with Crippen LogP contribution in [0.3, 0.4) is 0 Å². The number of rotatable bonds is 8. The summed E-state index contributed by atoms with van der Waals surface area (Å²) in [5, 5.41) is 6.77. The van der Waals surface area contributed by atoms with Crippen LogP contribution in [0.5, 0.6) is 11.5 Å². The van der Waals surface area contributed by atoms with E-state index in [0.29, 0.717) is 13.2 Å². The summed E-state index contributed by atoms with van der Waals surface area (Å²) in [6, 6.07) is 26.3. The van der Waals surface area contributed by atoms with Gasteiger partial charge in [-0.2, -0.15) is 5.10 Å². The molecule has 0 unspecified atom stereocenters. The summed E-state index contributed by atoms with van der Waals surface area (Å²) < 4.78 is 12.2. The molecule has 0 atom stereocenters. The highest BCUT2D eigenvalue weighted by atomic mass is 16.5. The summed E-state index contributed by atoms with van der Waals surface area (Å²) in [6.07, 6.45) is 1.90. The molecule has 0 amide bonds. The highest BCUT2D eigenvalue weighted by Crippen LogP contribution is 2.30. The number of hydrogen-bond donors (Lipinski definition) is 0. The Balaban J connectivity index is 1.47. The predicted octanol–water partition coefficient (Wildman–Crippen LogP) is 4.43. The molecule has 0 saturated carbocycles. The lowest BCUT2D eigenvalue weighted by atomic mass is 10.2. The van der Waals surface area contributed by atoms with Gasteiger partial charge in [-0.15, -0.1) is 0 Å². The van der Waals surface area contributed by atoms with Crippen LogP contribution in [0.25, 0.3) is 0 Å². The number of nitrogens with zero attached hydrogens (tertiary/aromatic N) is 3. The largest absolute Gasteiger partial charge is 0.485 e. The number of ether oxygens (including phenoxy) is 2. The first-order valence-electron chi connectivity index (χ1n) is 10.7. The molecule has 0 spiro atoms. The zero-order valence-corrected chi connectivity index (χ0v) is 18.0. The molecule has 0 aromatic heterocycles. The Morgan fingerprint density at radius 3 is 1.94 bits per heavy atom. The van der Waals surface area contributed by atoms with E-state index in [-0.39, 0.29) is 0 Å². The standard InChI is InChI=1S/C26H29N3O2/c1-28-14-16-29(17-15-28)27-19-24-12-13-25(30-20-22-8-4-2-5-9-22)26(18-24)31-21-23-10-6-3-7-11-23/h2-13,18-19H,14-17,20-21H2,1H3/b27-19-. The molecule has 1 aliphatic heterocycles. The van der Waals surface area contributed by atoms with E-state index < -0.39 is 0 Å². The van der Waals surface area contributed by atoms with Crippen molar-refractivity contribution in [2.45, 2.75) is 13.2 Å². The van der Waals surface area contributed by atoms with E-state index in [1.54, 1.807) is 0 Å². The highest BCUT2D eigenvalue weighted by Gasteiger charge is 2.12. The average Bonchev–Trinajstić information content (AvgIpc) is 2.83. The van der Waals surface area contributed by atoms with Gasteiger partial charge in [0.15, 0.2) is 11.5 Å². The van der Waals surface area contributed by atoms with Crippen molar-refractivity contribution in [3.63, 3.8) is 0 Å². The van der Waals surface area contributed by atoms with Crippen molar-refractivity contribution in [3.05, 3.63) is 95.6 Å². The normalized spacial score (nSPS) is 14.7. The van der Waals surface area contributed by atoms with E-state index in [4.69, 9.17) is 9.47 Å². The lowest BCUT2D eigenvalue weighted by Gasteiger charge is -2.30. The maximum Gasteiger partial charge on any atom is 0.162 e. The first-order valence-corrected chi connectivity index (χ1v) is 10.7. The molecule has 31 heavy (non-hydrogen) atoms. The fourth-order valence-electron chi connectivity index (χ4n) is 3.37. The molecule has 0 radical (unpaired) electrons. The van der Waals surface area contributed by atoms with Crippen LogP contribution in [0.2, 0.25) is 0 Å². The Morgan fingerprint density at radius 1 is 0.742 bits per heavy atom. The van der Waals surface area contributed by atoms with Crippen molar-refractivity contribution in [2.75, 3.05) is 33.2 Å². The summed E-state index contributed by atoms with van der Waals surface area (Å²) in [5.74, 6) is 1.46.